The van der Waals surface area contributed by atoms with Gasteiger partial charge in [-0.1, -0.05) is 18.2 Å². The highest BCUT2D eigenvalue weighted by Crippen LogP contribution is 2.18. The lowest BCUT2D eigenvalue weighted by Crippen LogP contribution is -1.94. The number of para-hydroxylation sites is 1. The molecule has 0 N–H and O–H groups in total. The molecule has 112 valence electrons. The van der Waals surface area contributed by atoms with E-state index in [1.807, 2.05) is 50.2 Å². The van der Waals surface area contributed by atoms with Crippen molar-refractivity contribution in [2.24, 2.45) is 0 Å². The van der Waals surface area contributed by atoms with Gasteiger partial charge in [0.2, 0.25) is 0 Å². The largest absolute Gasteiger partial charge is 0.496 e. The van der Waals surface area contributed by atoms with Gasteiger partial charge in [0.15, 0.2) is 5.78 Å². The van der Waals surface area contributed by atoms with Crippen molar-refractivity contribution < 1.29 is 14.3 Å². The third kappa shape index (κ3) is 4.95. The molecular weight excluding hydrogens is 264 g/mol. The highest BCUT2D eigenvalue weighted by Gasteiger charge is 2.02. The molecule has 2 aromatic rings. The number of methoxy groups -OCH3 is 2. The summed E-state index contributed by atoms with van der Waals surface area (Å²) in [7, 11) is 3.30. The Bertz CT molecular complexity index is 603. The maximum atomic E-state index is 11.0. The van der Waals surface area contributed by atoms with Crippen molar-refractivity contribution in [2.45, 2.75) is 20.8 Å². The summed E-state index contributed by atoms with van der Waals surface area (Å²) in [4.78, 5) is 11.0. The minimum absolute atomic E-state index is 0.0840. The van der Waals surface area contributed by atoms with Crippen LogP contribution in [0.4, 0.5) is 0 Å². The van der Waals surface area contributed by atoms with Crippen LogP contribution in [0.5, 0.6) is 11.5 Å². The Morgan fingerprint density at radius 3 is 1.86 bits per heavy atom. The summed E-state index contributed by atoms with van der Waals surface area (Å²) >= 11 is 0. The first kappa shape index (κ1) is 16.8. The van der Waals surface area contributed by atoms with Crippen molar-refractivity contribution in [3.05, 3.63) is 59.2 Å². The van der Waals surface area contributed by atoms with Crippen LogP contribution >= 0.6 is 0 Å². The zero-order chi connectivity index (χ0) is 15.8. The van der Waals surface area contributed by atoms with E-state index in [2.05, 4.69) is 0 Å². The third-order valence-electron chi connectivity index (χ3n) is 3.11. The molecule has 0 bridgehead atoms. The molecule has 0 aliphatic carbocycles. The summed E-state index contributed by atoms with van der Waals surface area (Å²) in [6, 6.07) is 13.4. The smallest absolute Gasteiger partial charge is 0.159 e. The number of carbonyl (C=O) groups is 1. The van der Waals surface area contributed by atoms with Crippen LogP contribution in [0.25, 0.3) is 0 Å². The van der Waals surface area contributed by atoms with Crippen LogP contribution in [0.3, 0.4) is 0 Å². The van der Waals surface area contributed by atoms with E-state index < -0.39 is 0 Å². The minimum atomic E-state index is 0.0840. The van der Waals surface area contributed by atoms with E-state index in [-0.39, 0.29) is 5.78 Å². The van der Waals surface area contributed by atoms with Gasteiger partial charge in [-0.05, 0) is 56.2 Å². The summed E-state index contributed by atoms with van der Waals surface area (Å²) in [6.07, 6.45) is 0. The monoisotopic (exact) mass is 286 g/mol. The molecule has 0 radical (unpaired) electrons. The zero-order valence-corrected chi connectivity index (χ0v) is 13.3. The Morgan fingerprint density at radius 2 is 1.43 bits per heavy atom. The highest BCUT2D eigenvalue weighted by atomic mass is 16.5. The molecule has 0 fully saturated rings. The number of hydrogen-bond acceptors (Lipinski definition) is 3. The SMILES string of the molecule is COc1ccc(C(C)=O)cc1C.COc1ccccc1C. The van der Waals surface area contributed by atoms with Gasteiger partial charge in [-0.3, -0.25) is 4.79 Å². The van der Waals surface area contributed by atoms with Gasteiger partial charge >= 0.3 is 0 Å². The summed E-state index contributed by atoms with van der Waals surface area (Å²) in [5.74, 6) is 1.86. The highest BCUT2D eigenvalue weighted by molar-refractivity contribution is 5.94. The molecule has 0 aliphatic rings. The molecule has 0 unspecified atom stereocenters. The lowest BCUT2D eigenvalue weighted by Gasteiger charge is -2.04. The lowest BCUT2D eigenvalue weighted by molar-refractivity contribution is 0.101. The second kappa shape index (κ2) is 8.10. The molecule has 0 saturated heterocycles. The van der Waals surface area contributed by atoms with E-state index in [9.17, 15) is 4.79 Å². The van der Waals surface area contributed by atoms with E-state index >= 15 is 0 Å². The standard InChI is InChI=1S/C10H12O2.C8H10O/c1-7-6-9(8(2)11)4-5-10(7)12-3;1-7-5-3-4-6-8(7)9-2/h4-6H,1-3H3;3-6H,1-2H3. The predicted octanol–water partition coefficient (Wildman–Crippen LogP) is 4.21. The average Bonchev–Trinajstić information content (AvgIpc) is 2.48. The molecule has 2 aromatic carbocycles. The molecule has 0 spiro atoms. The fourth-order valence-corrected chi connectivity index (χ4v) is 1.88. The van der Waals surface area contributed by atoms with Crippen LogP contribution in [-0.2, 0) is 0 Å². The molecule has 0 saturated carbocycles. The third-order valence-corrected chi connectivity index (χ3v) is 3.11. The predicted molar refractivity (Wildman–Crippen MR) is 85.5 cm³/mol. The number of ether oxygens (including phenoxy) is 2. The second-order valence-electron chi connectivity index (χ2n) is 4.71. The molecule has 0 aliphatic heterocycles. The van der Waals surface area contributed by atoms with E-state index in [4.69, 9.17) is 9.47 Å². The minimum Gasteiger partial charge on any atom is -0.496 e. The van der Waals surface area contributed by atoms with Gasteiger partial charge < -0.3 is 9.47 Å². The summed E-state index contributed by atoms with van der Waals surface area (Å²) in [5, 5.41) is 0. The number of rotatable bonds is 3. The van der Waals surface area contributed by atoms with Crippen molar-refractivity contribution in [1.82, 2.24) is 0 Å². The first-order chi connectivity index (χ1) is 9.99. The average molecular weight is 286 g/mol. The quantitative estimate of drug-likeness (QED) is 0.793. The number of hydrogen-bond donors (Lipinski definition) is 0. The zero-order valence-electron chi connectivity index (χ0n) is 13.3. The van der Waals surface area contributed by atoms with E-state index in [0.717, 1.165) is 22.6 Å². The van der Waals surface area contributed by atoms with Gasteiger partial charge in [-0.15, -0.1) is 0 Å². The topological polar surface area (TPSA) is 35.5 Å². The first-order valence-corrected chi connectivity index (χ1v) is 6.74. The molecule has 0 aromatic heterocycles. The van der Waals surface area contributed by atoms with E-state index in [0.29, 0.717) is 0 Å². The summed E-state index contributed by atoms with van der Waals surface area (Å²) in [5.41, 5.74) is 2.90. The van der Waals surface area contributed by atoms with E-state index in [1.54, 1.807) is 27.2 Å². The van der Waals surface area contributed by atoms with Crippen LogP contribution in [0.2, 0.25) is 0 Å². The van der Waals surface area contributed by atoms with Crippen molar-refractivity contribution in [3.63, 3.8) is 0 Å². The fourth-order valence-electron chi connectivity index (χ4n) is 1.88. The van der Waals surface area contributed by atoms with Crippen LogP contribution in [0.1, 0.15) is 28.4 Å². The number of benzene rings is 2. The van der Waals surface area contributed by atoms with Gasteiger partial charge in [-0.2, -0.15) is 0 Å². The number of aryl methyl sites for hydroxylation is 2. The number of Topliss-reactive ketones (excluding diaryl/α,β-unsaturated/α-hetero) is 1. The van der Waals surface area contributed by atoms with Crippen molar-refractivity contribution >= 4 is 5.78 Å². The molecule has 3 heteroatoms. The first-order valence-electron chi connectivity index (χ1n) is 6.74. The van der Waals surface area contributed by atoms with Crippen molar-refractivity contribution in [3.8, 4) is 11.5 Å². The molecule has 0 heterocycles. The molecule has 3 nitrogen and oxygen atoms in total. The Morgan fingerprint density at radius 1 is 0.857 bits per heavy atom. The Balaban J connectivity index is 0.000000219. The van der Waals surface area contributed by atoms with Crippen molar-refractivity contribution in [2.75, 3.05) is 14.2 Å². The van der Waals surface area contributed by atoms with Gasteiger partial charge in [-0.25, -0.2) is 0 Å². The summed E-state index contributed by atoms with van der Waals surface area (Å²) < 4.78 is 10.1. The van der Waals surface area contributed by atoms with Gasteiger partial charge in [0.25, 0.3) is 0 Å². The van der Waals surface area contributed by atoms with Gasteiger partial charge in [0.1, 0.15) is 11.5 Å². The van der Waals surface area contributed by atoms with E-state index in [1.165, 1.54) is 5.56 Å². The van der Waals surface area contributed by atoms with Crippen LogP contribution in [0, 0.1) is 13.8 Å². The van der Waals surface area contributed by atoms with Gasteiger partial charge in [0.05, 0.1) is 14.2 Å². The Kier molecular flexibility index (Phi) is 6.47. The molecule has 2 rings (SSSR count). The summed E-state index contributed by atoms with van der Waals surface area (Å²) in [6.45, 7) is 5.51. The van der Waals surface area contributed by atoms with Crippen LogP contribution in [-0.4, -0.2) is 20.0 Å². The fraction of sp³-hybridized carbons (Fsp3) is 0.278. The molecule has 0 atom stereocenters. The maximum Gasteiger partial charge on any atom is 0.159 e. The number of ketones is 1. The molecular formula is C18H22O3. The second-order valence-corrected chi connectivity index (χ2v) is 4.71. The Hall–Kier alpha value is -2.29. The molecule has 0 amide bonds. The lowest BCUT2D eigenvalue weighted by atomic mass is 10.1. The maximum absolute atomic E-state index is 11.0. The normalized spacial score (nSPS) is 9.38. The van der Waals surface area contributed by atoms with Crippen LogP contribution in [0.15, 0.2) is 42.5 Å². The Labute approximate surface area is 126 Å². The van der Waals surface area contributed by atoms with Gasteiger partial charge in [0, 0.05) is 5.56 Å². The van der Waals surface area contributed by atoms with Crippen LogP contribution < -0.4 is 9.47 Å². The number of carbonyl (C=O) groups excluding carboxylic acids is 1. The molecule has 21 heavy (non-hydrogen) atoms. The van der Waals surface area contributed by atoms with Crippen molar-refractivity contribution in [1.29, 1.82) is 0 Å².